The van der Waals surface area contributed by atoms with Crippen LogP contribution in [0, 0.1) is 11.8 Å². The molecule has 0 bridgehead atoms. The van der Waals surface area contributed by atoms with E-state index in [0.717, 1.165) is 18.8 Å². The molecular weight excluding hydrogens is 276 g/mol. The molecule has 3 rings (SSSR count). The minimum atomic E-state index is -0.0280. The molecule has 1 aromatic carbocycles. The summed E-state index contributed by atoms with van der Waals surface area (Å²) in [6, 6.07) is 11.3. The molecule has 5 nitrogen and oxygen atoms in total. The Labute approximate surface area is 130 Å². The quantitative estimate of drug-likeness (QED) is 0.926. The van der Waals surface area contributed by atoms with Crippen LogP contribution in [0.1, 0.15) is 30.8 Å². The number of hydrogen-bond acceptors (Lipinski definition) is 3. The fourth-order valence-electron chi connectivity index (χ4n) is 3.27. The van der Waals surface area contributed by atoms with Crippen molar-refractivity contribution in [3.63, 3.8) is 0 Å². The summed E-state index contributed by atoms with van der Waals surface area (Å²) in [4.78, 5) is 14.6. The fourth-order valence-corrected chi connectivity index (χ4v) is 3.27. The van der Waals surface area contributed by atoms with Crippen LogP contribution < -0.4 is 5.73 Å². The van der Waals surface area contributed by atoms with Gasteiger partial charge in [0.1, 0.15) is 5.82 Å². The van der Waals surface area contributed by atoms with E-state index >= 15 is 0 Å². The molecule has 2 atom stereocenters. The van der Waals surface area contributed by atoms with Crippen molar-refractivity contribution in [2.45, 2.75) is 20.3 Å². The van der Waals surface area contributed by atoms with Gasteiger partial charge in [-0.05, 0) is 30.4 Å². The largest absolute Gasteiger partial charge is 0.384 e. The number of likely N-dealkylation sites (tertiary alicyclic amines) is 1. The molecule has 2 aromatic rings. The van der Waals surface area contributed by atoms with Crippen molar-refractivity contribution in [2.75, 3.05) is 18.8 Å². The Hall–Kier alpha value is -2.30. The van der Waals surface area contributed by atoms with Crippen molar-refractivity contribution in [1.29, 1.82) is 0 Å². The molecule has 22 heavy (non-hydrogen) atoms. The van der Waals surface area contributed by atoms with Crippen LogP contribution in [-0.4, -0.2) is 33.7 Å². The number of benzene rings is 1. The highest BCUT2D eigenvalue weighted by molar-refractivity contribution is 5.93. The Morgan fingerprint density at radius 2 is 1.82 bits per heavy atom. The number of nitrogen functional groups attached to an aromatic ring is 1. The maximum Gasteiger partial charge on any atom is 0.274 e. The van der Waals surface area contributed by atoms with E-state index in [1.54, 1.807) is 10.7 Å². The van der Waals surface area contributed by atoms with E-state index in [1.807, 2.05) is 35.2 Å². The number of carbonyl (C=O) groups excluding carboxylic acids is 1. The number of nitrogens with two attached hydrogens (primary N) is 1. The molecule has 116 valence electrons. The number of rotatable bonds is 2. The Morgan fingerprint density at radius 1 is 1.18 bits per heavy atom. The molecule has 1 fully saturated rings. The predicted octanol–water partition coefficient (Wildman–Crippen LogP) is 2.57. The van der Waals surface area contributed by atoms with Crippen LogP contribution in [0.25, 0.3) is 5.69 Å². The number of amides is 1. The summed E-state index contributed by atoms with van der Waals surface area (Å²) >= 11 is 0. The summed E-state index contributed by atoms with van der Waals surface area (Å²) in [6.07, 6.45) is 1.17. The van der Waals surface area contributed by atoms with E-state index < -0.39 is 0 Å². The topological polar surface area (TPSA) is 64.2 Å². The lowest BCUT2D eigenvalue weighted by Crippen LogP contribution is -2.42. The fraction of sp³-hybridized carbons (Fsp3) is 0.412. The van der Waals surface area contributed by atoms with Crippen molar-refractivity contribution in [3.05, 3.63) is 42.1 Å². The van der Waals surface area contributed by atoms with Gasteiger partial charge in [0.15, 0.2) is 5.69 Å². The second-order valence-electron chi connectivity index (χ2n) is 6.36. The molecule has 5 heteroatoms. The molecule has 0 radical (unpaired) electrons. The first kappa shape index (κ1) is 14.6. The molecule has 0 aliphatic carbocycles. The van der Waals surface area contributed by atoms with E-state index in [-0.39, 0.29) is 5.91 Å². The van der Waals surface area contributed by atoms with Gasteiger partial charge in [0.25, 0.3) is 5.91 Å². The number of aromatic nitrogens is 2. The van der Waals surface area contributed by atoms with Gasteiger partial charge in [-0.3, -0.25) is 4.79 Å². The first-order valence-electron chi connectivity index (χ1n) is 7.75. The summed E-state index contributed by atoms with van der Waals surface area (Å²) in [5.74, 6) is 1.51. The number of nitrogens with zero attached hydrogens (tertiary/aromatic N) is 3. The molecule has 2 N–H and O–H groups in total. The average Bonchev–Trinajstić information content (AvgIpc) is 2.88. The number of piperidine rings is 1. The number of carbonyl (C=O) groups is 1. The van der Waals surface area contributed by atoms with Crippen molar-refractivity contribution in [1.82, 2.24) is 14.7 Å². The molecule has 2 heterocycles. The van der Waals surface area contributed by atoms with E-state index in [0.29, 0.717) is 23.3 Å². The van der Waals surface area contributed by atoms with E-state index in [1.165, 1.54) is 6.42 Å². The molecule has 1 amide bonds. The molecule has 2 unspecified atom stereocenters. The van der Waals surface area contributed by atoms with Crippen LogP contribution in [0.15, 0.2) is 36.4 Å². The highest BCUT2D eigenvalue weighted by Gasteiger charge is 2.27. The predicted molar refractivity (Wildman–Crippen MR) is 86.8 cm³/mol. The first-order valence-corrected chi connectivity index (χ1v) is 7.75. The third kappa shape index (κ3) is 2.84. The summed E-state index contributed by atoms with van der Waals surface area (Å²) in [6.45, 7) is 5.96. The van der Waals surface area contributed by atoms with Gasteiger partial charge >= 0.3 is 0 Å². The molecule has 1 aromatic heterocycles. The van der Waals surface area contributed by atoms with Crippen molar-refractivity contribution in [2.24, 2.45) is 11.8 Å². The van der Waals surface area contributed by atoms with Gasteiger partial charge in [-0.1, -0.05) is 32.0 Å². The van der Waals surface area contributed by atoms with Crippen LogP contribution >= 0.6 is 0 Å². The van der Waals surface area contributed by atoms with Gasteiger partial charge in [0.05, 0.1) is 5.69 Å². The average molecular weight is 298 g/mol. The highest BCUT2D eigenvalue weighted by Crippen LogP contribution is 2.23. The van der Waals surface area contributed by atoms with Gasteiger partial charge in [-0.15, -0.1) is 0 Å². The van der Waals surface area contributed by atoms with Crippen LogP contribution in [0.4, 0.5) is 5.82 Å². The highest BCUT2D eigenvalue weighted by atomic mass is 16.2. The smallest absolute Gasteiger partial charge is 0.274 e. The van der Waals surface area contributed by atoms with Gasteiger partial charge in [0, 0.05) is 19.2 Å². The zero-order valence-electron chi connectivity index (χ0n) is 13.1. The van der Waals surface area contributed by atoms with E-state index in [9.17, 15) is 4.79 Å². The van der Waals surface area contributed by atoms with E-state index in [2.05, 4.69) is 18.9 Å². The van der Waals surface area contributed by atoms with Crippen molar-refractivity contribution in [3.8, 4) is 5.69 Å². The minimum absolute atomic E-state index is 0.0280. The molecule has 1 saturated heterocycles. The second-order valence-corrected chi connectivity index (χ2v) is 6.36. The zero-order chi connectivity index (χ0) is 15.7. The van der Waals surface area contributed by atoms with E-state index in [4.69, 9.17) is 5.73 Å². The van der Waals surface area contributed by atoms with Gasteiger partial charge in [0.2, 0.25) is 0 Å². The second kappa shape index (κ2) is 5.83. The van der Waals surface area contributed by atoms with Gasteiger partial charge in [-0.25, -0.2) is 4.68 Å². The molecule has 0 saturated carbocycles. The zero-order valence-corrected chi connectivity index (χ0v) is 13.1. The van der Waals surface area contributed by atoms with Crippen molar-refractivity contribution >= 4 is 11.7 Å². The maximum absolute atomic E-state index is 12.7. The third-order valence-corrected chi connectivity index (χ3v) is 4.11. The lowest BCUT2D eigenvalue weighted by Gasteiger charge is -2.34. The lowest BCUT2D eigenvalue weighted by atomic mass is 9.92. The summed E-state index contributed by atoms with van der Waals surface area (Å²) < 4.78 is 1.62. The monoisotopic (exact) mass is 298 g/mol. The van der Waals surface area contributed by atoms with Crippen LogP contribution in [0.5, 0.6) is 0 Å². The molecule has 0 spiro atoms. The standard InChI is InChI=1S/C17H22N4O/c1-12-8-13(2)11-20(10-12)17(22)15-9-16(18)21(19-15)14-6-4-3-5-7-14/h3-7,9,12-13H,8,10-11,18H2,1-2H3. The number of para-hydroxylation sites is 1. The van der Waals surface area contributed by atoms with Gasteiger partial charge in [-0.2, -0.15) is 5.10 Å². The first-order chi connectivity index (χ1) is 10.5. The number of anilines is 1. The third-order valence-electron chi connectivity index (χ3n) is 4.11. The summed E-state index contributed by atoms with van der Waals surface area (Å²) in [5, 5.41) is 4.41. The van der Waals surface area contributed by atoms with Gasteiger partial charge < -0.3 is 10.6 Å². The molecule has 1 aliphatic rings. The molecule has 1 aliphatic heterocycles. The minimum Gasteiger partial charge on any atom is -0.384 e. The van der Waals surface area contributed by atoms with Crippen molar-refractivity contribution < 1.29 is 4.79 Å². The Balaban J connectivity index is 1.85. The molecular formula is C17H22N4O. The van der Waals surface area contributed by atoms with Crippen LogP contribution in [0.3, 0.4) is 0 Å². The maximum atomic E-state index is 12.7. The van der Waals surface area contributed by atoms with Crippen LogP contribution in [0.2, 0.25) is 0 Å². The summed E-state index contributed by atoms with van der Waals surface area (Å²) in [7, 11) is 0. The Bertz CT molecular complexity index is 655. The lowest BCUT2D eigenvalue weighted by molar-refractivity contribution is 0.0616. The number of hydrogen-bond donors (Lipinski definition) is 1. The Kier molecular flexibility index (Phi) is 3.88. The summed E-state index contributed by atoms with van der Waals surface area (Å²) in [5.41, 5.74) is 7.30. The normalized spacial score (nSPS) is 21.8. The Morgan fingerprint density at radius 3 is 2.45 bits per heavy atom. The van der Waals surface area contributed by atoms with Crippen LogP contribution in [-0.2, 0) is 0 Å². The SMILES string of the molecule is CC1CC(C)CN(C(=O)c2cc(N)n(-c3ccccc3)n2)C1.